The first kappa shape index (κ1) is 19.5. The highest BCUT2D eigenvalue weighted by Gasteiger charge is 2.20. The minimum atomic E-state index is -0.585. The lowest BCUT2D eigenvalue weighted by atomic mass is 10.0. The number of carbonyl (C=O) groups excluding carboxylic acids is 2. The second-order valence-corrected chi connectivity index (χ2v) is 7.47. The van der Waals surface area contributed by atoms with Gasteiger partial charge in [-0.3, -0.25) is 14.3 Å². The van der Waals surface area contributed by atoms with Crippen LogP contribution in [0.15, 0.2) is 36.5 Å². The molecule has 1 aromatic carbocycles. The lowest BCUT2D eigenvalue weighted by Crippen LogP contribution is -2.26. The summed E-state index contributed by atoms with van der Waals surface area (Å²) in [6.45, 7) is 6.82. The molecular weight excluding hydrogens is 358 g/mol. The molecule has 0 saturated carbocycles. The zero-order valence-electron chi connectivity index (χ0n) is 16.6. The van der Waals surface area contributed by atoms with Crippen LogP contribution in [0.25, 0.3) is 22.0 Å². The third-order valence-corrected chi connectivity index (χ3v) is 4.06. The molecule has 3 rings (SSSR count). The molecule has 0 saturated heterocycles. The van der Waals surface area contributed by atoms with Gasteiger partial charge in [-0.1, -0.05) is 6.07 Å². The summed E-state index contributed by atoms with van der Waals surface area (Å²) in [5.74, 6) is -0.0483. The number of aromatic nitrogens is 3. The number of benzene rings is 1. The van der Waals surface area contributed by atoms with Gasteiger partial charge in [0.15, 0.2) is 5.78 Å². The Morgan fingerprint density at radius 3 is 2.39 bits per heavy atom. The fraction of sp³-hybridized carbons (Fsp3) is 0.333. The van der Waals surface area contributed by atoms with Gasteiger partial charge in [0, 0.05) is 30.1 Å². The van der Waals surface area contributed by atoms with E-state index in [1.54, 1.807) is 19.4 Å². The molecule has 0 aliphatic carbocycles. The number of carbonyl (C=O) groups is 2. The number of hydrogen-bond acceptors (Lipinski definition) is 6. The largest absolute Gasteiger partial charge is 0.481 e. The molecule has 0 spiro atoms. The molecule has 0 unspecified atom stereocenters. The van der Waals surface area contributed by atoms with Crippen LogP contribution < -0.4 is 4.74 Å². The van der Waals surface area contributed by atoms with Gasteiger partial charge < -0.3 is 9.47 Å². The number of esters is 1. The van der Waals surface area contributed by atoms with Crippen LogP contribution in [-0.2, 0) is 16.1 Å². The van der Waals surface area contributed by atoms with Gasteiger partial charge in [-0.05, 0) is 44.5 Å². The molecule has 0 bridgehead atoms. The molecule has 0 atom stereocenters. The van der Waals surface area contributed by atoms with Crippen LogP contribution in [0.2, 0.25) is 0 Å². The average molecular weight is 381 g/mol. The monoisotopic (exact) mass is 381 g/mol. The van der Waals surface area contributed by atoms with Gasteiger partial charge in [0.05, 0.1) is 12.6 Å². The summed E-state index contributed by atoms with van der Waals surface area (Å²) >= 11 is 0. The Labute approximate surface area is 163 Å². The van der Waals surface area contributed by atoms with Crippen molar-refractivity contribution in [2.24, 2.45) is 0 Å². The fourth-order valence-corrected chi connectivity index (χ4v) is 2.91. The minimum Gasteiger partial charge on any atom is -0.481 e. The van der Waals surface area contributed by atoms with E-state index in [-0.39, 0.29) is 12.3 Å². The Balaban J connectivity index is 2.01. The number of pyridine rings is 1. The lowest BCUT2D eigenvalue weighted by Gasteiger charge is -2.19. The Bertz CT molecular complexity index is 1030. The summed E-state index contributed by atoms with van der Waals surface area (Å²) in [5, 5.41) is 5.04. The summed E-state index contributed by atoms with van der Waals surface area (Å²) < 4.78 is 12.0. The first-order chi connectivity index (χ1) is 13.2. The Hall–Kier alpha value is -3.22. The summed E-state index contributed by atoms with van der Waals surface area (Å²) in [6, 6.07) is 9.30. The second kappa shape index (κ2) is 7.42. The maximum atomic E-state index is 12.2. The van der Waals surface area contributed by atoms with E-state index in [4.69, 9.17) is 9.47 Å². The van der Waals surface area contributed by atoms with Crippen molar-refractivity contribution < 1.29 is 19.1 Å². The molecule has 0 radical (unpaired) electrons. The minimum absolute atomic E-state index is 0.0650. The first-order valence-electron chi connectivity index (χ1n) is 8.92. The van der Waals surface area contributed by atoms with E-state index in [0.29, 0.717) is 22.5 Å². The number of rotatable bonds is 5. The van der Waals surface area contributed by atoms with Crippen molar-refractivity contribution >= 4 is 22.7 Å². The number of methoxy groups -OCH3 is 1. The third-order valence-electron chi connectivity index (χ3n) is 4.06. The van der Waals surface area contributed by atoms with Crippen LogP contribution in [0.5, 0.6) is 5.88 Å². The molecule has 0 amide bonds. The van der Waals surface area contributed by atoms with Crippen LogP contribution in [-0.4, -0.2) is 39.2 Å². The van der Waals surface area contributed by atoms with E-state index in [2.05, 4.69) is 10.1 Å². The standard InChI is InChI=1S/C21H23N3O4/c1-13(25)20-16-10-14(15-7-9-18(27-5)22-11-15)6-8-17(16)24(23-20)12-19(26)28-21(2,3)4/h6-11H,12H2,1-5H3. The maximum absolute atomic E-state index is 12.2. The molecular formula is C21H23N3O4. The van der Waals surface area contributed by atoms with Gasteiger partial charge >= 0.3 is 5.97 Å². The summed E-state index contributed by atoms with van der Waals surface area (Å²) in [7, 11) is 1.56. The highest BCUT2D eigenvalue weighted by Crippen LogP contribution is 2.27. The summed E-state index contributed by atoms with van der Waals surface area (Å²) in [4.78, 5) is 28.5. The average Bonchev–Trinajstić information content (AvgIpc) is 2.98. The van der Waals surface area contributed by atoms with Crippen LogP contribution in [0.3, 0.4) is 0 Å². The van der Waals surface area contributed by atoms with E-state index in [9.17, 15) is 9.59 Å². The molecule has 0 aliphatic heterocycles. The molecule has 2 heterocycles. The SMILES string of the molecule is COc1ccc(-c2ccc3c(c2)c(C(C)=O)nn3CC(=O)OC(C)(C)C)cn1. The van der Waals surface area contributed by atoms with Crippen LogP contribution in [0.1, 0.15) is 38.2 Å². The number of hydrogen-bond donors (Lipinski definition) is 0. The molecule has 0 N–H and O–H groups in total. The van der Waals surface area contributed by atoms with Crippen molar-refractivity contribution in [3.05, 3.63) is 42.2 Å². The molecule has 146 valence electrons. The molecule has 7 nitrogen and oxygen atoms in total. The predicted octanol–water partition coefficient (Wildman–Crippen LogP) is 3.65. The van der Waals surface area contributed by atoms with Gasteiger partial charge in [0.2, 0.25) is 5.88 Å². The molecule has 2 aromatic heterocycles. The maximum Gasteiger partial charge on any atom is 0.328 e. The number of ether oxygens (including phenoxy) is 2. The van der Waals surface area contributed by atoms with Crippen LogP contribution in [0, 0.1) is 0 Å². The van der Waals surface area contributed by atoms with E-state index < -0.39 is 11.6 Å². The van der Waals surface area contributed by atoms with Crippen LogP contribution in [0.4, 0.5) is 0 Å². The molecule has 3 aromatic rings. The van der Waals surface area contributed by atoms with Crippen molar-refractivity contribution in [2.75, 3.05) is 7.11 Å². The molecule has 7 heteroatoms. The second-order valence-electron chi connectivity index (χ2n) is 7.47. The van der Waals surface area contributed by atoms with Crippen molar-refractivity contribution in [2.45, 2.75) is 39.8 Å². The summed E-state index contributed by atoms with van der Waals surface area (Å²) in [5.41, 5.74) is 2.21. The van der Waals surface area contributed by atoms with Gasteiger partial charge in [0.25, 0.3) is 0 Å². The predicted molar refractivity (Wildman–Crippen MR) is 105 cm³/mol. The Morgan fingerprint density at radius 2 is 1.82 bits per heavy atom. The van der Waals surface area contributed by atoms with Gasteiger partial charge in [-0.15, -0.1) is 0 Å². The number of nitrogens with zero attached hydrogens (tertiary/aromatic N) is 3. The van der Waals surface area contributed by atoms with E-state index in [1.807, 2.05) is 45.0 Å². The van der Waals surface area contributed by atoms with Gasteiger partial charge in [-0.25, -0.2) is 4.98 Å². The first-order valence-corrected chi connectivity index (χ1v) is 8.92. The number of ketones is 1. The Morgan fingerprint density at radius 1 is 1.11 bits per heavy atom. The van der Waals surface area contributed by atoms with Crippen molar-refractivity contribution in [1.82, 2.24) is 14.8 Å². The van der Waals surface area contributed by atoms with Crippen molar-refractivity contribution in [3.63, 3.8) is 0 Å². The molecule has 0 fully saturated rings. The fourth-order valence-electron chi connectivity index (χ4n) is 2.91. The topological polar surface area (TPSA) is 83.3 Å². The van der Waals surface area contributed by atoms with Gasteiger partial charge in [0.1, 0.15) is 17.8 Å². The smallest absolute Gasteiger partial charge is 0.328 e. The zero-order valence-corrected chi connectivity index (χ0v) is 16.6. The van der Waals surface area contributed by atoms with E-state index in [0.717, 1.165) is 11.1 Å². The Kier molecular flexibility index (Phi) is 5.18. The molecule has 28 heavy (non-hydrogen) atoms. The van der Waals surface area contributed by atoms with Crippen LogP contribution >= 0.6 is 0 Å². The van der Waals surface area contributed by atoms with Crippen molar-refractivity contribution in [1.29, 1.82) is 0 Å². The quantitative estimate of drug-likeness (QED) is 0.495. The van der Waals surface area contributed by atoms with E-state index >= 15 is 0 Å². The molecule has 0 aliphatic rings. The third kappa shape index (κ3) is 4.19. The van der Waals surface area contributed by atoms with Crippen molar-refractivity contribution in [3.8, 4) is 17.0 Å². The van der Waals surface area contributed by atoms with Gasteiger partial charge in [-0.2, -0.15) is 5.10 Å². The summed E-state index contributed by atoms with van der Waals surface area (Å²) in [6.07, 6.45) is 1.71. The lowest BCUT2D eigenvalue weighted by molar-refractivity contribution is -0.155. The number of fused-ring (bicyclic) bond motifs is 1. The van der Waals surface area contributed by atoms with E-state index in [1.165, 1.54) is 11.6 Å². The zero-order chi connectivity index (χ0) is 20.5. The highest BCUT2D eigenvalue weighted by molar-refractivity contribution is 6.06. The highest BCUT2D eigenvalue weighted by atomic mass is 16.6. The number of Topliss-reactive ketones (excluding diaryl/α,β-unsaturated/α-hetero) is 1. The normalized spacial score (nSPS) is 11.5.